The van der Waals surface area contributed by atoms with E-state index >= 15 is 0 Å². The van der Waals surface area contributed by atoms with E-state index in [1.54, 1.807) is 30.3 Å². The summed E-state index contributed by atoms with van der Waals surface area (Å²) in [5, 5.41) is 1.41. The lowest BCUT2D eigenvalue weighted by molar-refractivity contribution is 0.301. The molecule has 2 rings (SSSR count). The highest BCUT2D eigenvalue weighted by molar-refractivity contribution is 6.42. The molecule has 2 N–H and O–H groups in total. The van der Waals surface area contributed by atoms with Crippen molar-refractivity contribution in [3.63, 3.8) is 0 Å². The molecule has 0 aliphatic rings. The summed E-state index contributed by atoms with van der Waals surface area (Å²) >= 11 is 17.7. The first-order chi connectivity index (χ1) is 8.56. The van der Waals surface area contributed by atoms with Crippen molar-refractivity contribution < 1.29 is 4.74 Å². The average Bonchev–Trinajstić information content (AvgIpc) is 2.34. The summed E-state index contributed by atoms with van der Waals surface area (Å²) in [7, 11) is 0. The van der Waals surface area contributed by atoms with Crippen LogP contribution < -0.4 is 10.5 Å². The van der Waals surface area contributed by atoms with Crippen LogP contribution in [0.1, 0.15) is 5.69 Å². The predicted octanol–water partition coefficient (Wildman–Crippen LogP) is 4.20. The second-order valence-corrected chi connectivity index (χ2v) is 4.75. The number of nitrogens with zero attached hydrogens (tertiary/aromatic N) is 1. The molecule has 94 valence electrons. The standard InChI is InChI=1S/C12H9Cl3N2O/c13-8-2-1-7(5-10(8)15)18-6-11-9(14)3-4-12(16)17-11/h1-5H,6H2,(H2,16,17). The summed E-state index contributed by atoms with van der Waals surface area (Å²) in [4.78, 5) is 4.09. The Bertz CT molecular complexity index is 575. The molecule has 2 aromatic rings. The molecule has 18 heavy (non-hydrogen) atoms. The first-order valence-corrected chi connectivity index (χ1v) is 6.18. The van der Waals surface area contributed by atoms with E-state index in [-0.39, 0.29) is 6.61 Å². The van der Waals surface area contributed by atoms with Crippen LogP contribution in [0.25, 0.3) is 0 Å². The molecule has 1 aromatic carbocycles. The molecule has 6 heteroatoms. The van der Waals surface area contributed by atoms with E-state index in [0.717, 1.165) is 0 Å². The maximum absolute atomic E-state index is 5.97. The maximum Gasteiger partial charge on any atom is 0.132 e. The van der Waals surface area contributed by atoms with E-state index < -0.39 is 0 Å². The molecule has 0 fully saturated rings. The summed E-state index contributed by atoms with van der Waals surface area (Å²) in [6.07, 6.45) is 0. The van der Waals surface area contributed by atoms with Crippen LogP contribution in [0.3, 0.4) is 0 Å². The van der Waals surface area contributed by atoms with Gasteiger partial charge in [-0.3, -0.25) is 0 Å². The Labute approximate surface area is 119 Å². The zero-order valence-corrected chi connectivity index (χ0v) is 11.4. The quantitative estimate of drug-likeness (QED) is 0.924. The molecule has 0 unspecified atom stereocenters. The summed E-state index contributed by atoms with van der Waals surface area (Å²) < 4.78 is 5.52. The van der Waals surface area contributed by atoms with Gasteiger partial charge in [0.1, 0.15) is 18.2 Å². The largest absolute Gasteiger partial charge is 0.487 e. The van der Waals surface area contributed by atoms with Gasteiger partial charge in [-0.2, -0.15) is 0 Å². The van der Waals surface area contributed by atoms with Crippen molar-refractivity contribution in [1.82, 2.24) is 4.98 Å². The molecule has 0 bridgehead atoms. The van der Waals surface area contributed by atoms with E-state index in [2.05, 4.69) is 4.98 Å². The predicted molar refractivity (Wildman–Crippen MR) is 74.5 cm³/mol. The van der Waals surface area contributed by atoms with Gasteiger partial charge in [0.2, 0.25) is 0 Å². The second kappa shape index (κ2) is 5.65. The monoisotopic (exact) mass is 302 g/mol. The van der Waals surface area contributed by atoms with Gasteiger partial charge in [-0.1, -0.05) is 34.8 Å². The van der Waals surface area contributed by atoms with Gasteiger partial charge in [0.25, 0.3) is 0 Å². The van der Waals surface area contributed by atoms with E-state index in [0.29, 0.717) is 32.3 Å². The van der Waals surface area contributed by atoms with Crippen LogP contribution in [0.5, 0.6) is 5.75 Å². The number of halogens is 3. The summed E-state index contributed by atoms with van der Waals surface area (Å²) in [6.45, 7) is 0.210. The molecule has 0 amide bonds. The Morgan fingerprint density at radius 1 is 1.00 bits per heavy atom. The van der Waals surface area contributed by atoms with E-state index in [9.17, 15) is 0 Å². The van der Waals surface area contributed by atoms with Crippen molar-refractivity contribution in [2.45, 2.75) is 6.61 Å². The molecule has 1 aromatic heterocycles. The number of benzene rings is 1. The van der Waals surface area contributed by atoms with Crippen molar-refractivity contribution in [2.75, 3.05) is 5.73 Å². The third kappa shape index (κ3) is 3.19. The lowest BCUT2D eigenvalue weighted by atomic mass is 10.3. The minimum atomic E-state index is 0.210. The van der Waals surface area contributed by atoms with Crippen LogP contribution in [-0.2, 0) is 6.61 Å². The van der Waals surface area contributed by atoms with Crippen molar-refractivity contribution in [3.05, 3.63) is 51.1 Å². The Morgan fingerprint density at radius 3 is 2.44 bits per heavy atom. The molecule has 0 atom stereocenters. The Hall–Kier alpha value is -1.16. The number of nitrogens with two attached hydrogens (primary N) is 1. The minimum Gasteiger partial charge on any atom is -0.487 e. The molecule has 0 saturated carbocycles. The molecule has 3 nitrogen and oxygen atoms in total. The van der Waals surface area contributed by atoms with Crippen molar-refractivity contribution in [1.29, 1.82) is 0 Å². The third-order valence-corrected chi connectivity index (χ3v) is 3.29. The lowest BCUT2D eigenvalue weighted by Crippen LogP contribution is -2.01. The number of rotatable bonds is 3. The molecule has 1 heterocycles. The molecule has 0 spiro atoms. The number of hydrogen-bond donors (Lipinski definition) is 1. The third-order valence-electron chi connectivity index (χ3n) is 2.21. The number of hydrogen-bond acceptors (Lipinski definition) is 3. The van der Waals surface area contributed by atoms with Gasteiger partial charge in [-0.25, -0.2) is 4.98 Å². The lowest BCUT2D eigenvalue weighted by Gasteiger charge is -2.08. The van der Waals surface area contributed by atoms with Crippen LogP contribution in [0.4, 0.5) is 5.82 Å². The fraction of sp³-hybridized carbons (Fsp3) is 0.0833. The normalized spacial score (nSPS) is 10.4. The zero-order valence-electron chi connectivity index (χ0n) is 9.16. The van der Waals surface area contributed by atoms with Gasteiger partial charge in [-0.15, -0.1) is 0 Å². The van der Waals surface area contributed by atoms with E-state index in [1.807, 2.05) is 0 Å². The fourth-order valence-corrected chi connectivity index (χ4v) is 1.77. The Morgan fingerprint density at radius 2 is 1.72 bits per heavy atom. The van der Waals surface area contributed by atoms with Gasteiger partial charge in [0.05, 0.1) is 20.8 Å². The SMILES string of the molecule is Nc1ccc(Cl)c(COc2ccc(Cl)c(Cl)c2)n1. The Kier molecular flexibility index (Phi) is 4.17. The number of aromatic nitrogens is 1. The molecular formula is C12H9Cl3N2O. The van der Waals surface area contributed by atoms with Crippen LogP contribution in [0.2, 0.25) is 15.1 Å². The van der Waals surface area contributed by atoms with Gasteiger partial charge >= 0.3 is 0 Å². The van der Waals surface area contributed by atoms with Crippen molar-refractivity contribution in [3.8, 4) is 5.75 Å². The highest BCUT2D eigenvalue weighted by Crippen LogP contribution is 2.27. The summed E-state index contributed by atoms with van der Waals surface area (Å²) in [6, 6.07) is 8.31. The van der Waals surface area contributed by atoms with Gasteiger partial charge < -0.3 is 10.5 Å². The number of anilines is 1. The fourth-order valence-electron chi connectivity index (χ4n) is 1.32. The zero-order chi connectivity index (χ0) is 13.1. The molecule has 0 saturated heterocycles. The minimum absolute atomic E-state index is 0.210. The van der Waals surface area contributed by atoms with E-state index in [1.165, 1.54) is 0 Å². The van der Waals surface area contributed by atoms with Crippen LogP contribution in [0.15, 0.2) is 30.3 Å². The summed E-state index contributed by atoms with van der Waals surface area (Å²) in [5.41, 5.74) is 6.15. The van der Waals surface area contributed by atoms with Gasteiger partial charge in [0.15, 0.2) is 0 Å². The highest BCUT2D eigenvalue weighted by atomic mass is 35.5. The van der Waals surface area contributed by atoms with Crippen molar-refractivity contribution in [2.24, 2.45) is 0 Å². The van der Waals surface area contributed by atoms with E-state index in [4.69, 9.17) is 45.3 Å². The van der Waals surface area contributed by atoms with Crippen LogP contribution in [-0.4, -0.2) is 4.98 Å². The van der Waals surface area contributed by atoms with Crippen LogP contribution >= 0.6 is 34.8 Å². The van der Waals surface area contributed by atoms with Crippen molar-refractivity contribution >= 4 is 40.6 Å². The molecular weight excluding hydrogens is 295 g/mol. The first-order valence-electron chi connectivity index (χ1n) is 5.05. The number of ether oxygens (including phenoxy) is 1. The van der Waals surface area contributed by atoms with Crippen LogP contribution in [0, 0.1) is 0 Å². The average molecular weight is 304 g/mol. The molecule has 0 aliphatic carbocycles. The topological polar surface area (TPSA) is 48.1 Å². The molecule has 0 radical (unpaired) electrons. The number of pyridine rings is 1. The highest BCUT2D eigenvalue weighted by Gasteiger charge is 2.05. The molecule has 0 aliphatic heterocycles. The first kappa shape index (κ1) is 13.3. The number of nitrogen functional groups attached to an aromatic ring is 1. The maximum atomic E-state index is 5.97. The summed E-state index contributed by atoms with van der Waals surface area (Å²) in [5.74, 6) is 0.983. The van der Waals surface area contributed by atoms with Gasteiger partial charge in [-0.05, 0) is 24.3 Å². The Balaban J connectivity index is 2.11. The smallest absolute Gasteiger partial charge is 0.132 e. The second-order valence-electron chi connectivity index (χ2n) is 3.53. The van der Waals surface area contributed by atoms with Gasteiger partial charge in [0, 0.05) is 6.07 Å².